The van der Waals surface area contributed by atoms with Gasteiger partial charge in [-0.05, 0) is 36.5 Å². The van der Waals surface area contributed by atoms with Crippen molar-refractivity contribution < 1.29 is 14.7 Å². The lowest BCUT2D eigenvalue weighted by atomic mass is 10.1. The van der Waals surface area contributed by atoms with Crippen LogP contribution in [0.2, 0.25) is 0 Å². The third-order valence-corrected chi connectivity index (χ3v) is 4.20. The van der Waals surface area contributed by atoms with Crippen molar-refractivity contribution in [3.05, 3.63) is 48.3 Å². The number of carbonyl (C=O) groups is 2. The topological polar surface area (TPSA) is 84.2 Å². The van der Waals surface area contributed by atoms with Crippen LogP contribution in [-0.4, -0.2) is 32.8 Å². The Labute approximate surface area is 140 Å². The number of carboxylic acid groups (broad SMARTS) is 1. The van der Waals surface area contributed by atoms with Crippen LogP contribution in [0.25, 0.3) is 5.69 Å². The van der Waals surface area contributed by atoms with Gasteiger partial charge in [0.15, 0.2) is 0 Å². The number of aromatic nitrogens is 2. The van der Waals surface area contributed by atoms with Crippen molar-refractivity contribution in [1.29, 1.82) is 0 Å². The van der Waals surface area contributed by atoms with E-state index in [0.717, 1.165) is 24.1 Å². The summed E-state index contributed by atoms with van der Waals surface area (Å²) in [4.78, 5) is 23.2. The maximum Gasteiger partial charge on any atom is 0.326 e. The fourth-order valence-corrected chi connectivity index (χ4v) is 2.64. The van der Waals surface area contributed by atoms with Crippen LogP contribution in [0, 0.1) is 5.92 Å². The van der Waals surface area contributed by atoms with Gasteiger partial charge in [-0.25, -0.2) is 9.48 Å². The van der Waals surface area contributed by atoms with E-state index < -0.39 is 12.0 Å². The number of nitrogens with one attached hydrogen (secondary N) is 1. The second-order valence-corrected chi connectivity index (χ2v) is 6.27. The lowest BCUT2D eigenvalue weighted by Gasteiger charge is -2.13. The van der Waals surface area contributed by atoms with E-state index in [1.165, 1.54) is 0 Å². The minimum atomic E-state index is -0.952. The van der Waals surface area contributed by atoms with Crippen molar-refractivity contribution in [2.45, 2.75) is 38.1 Å². The standard InChI is InChI=1S/C18H21N3O3/c22-17(20-16(18(23)24)10-13-6-7-13)9-8-14-11-19-21(12-14)15-4-2-1-3-5-15/h1-5,11-13,16H,6-10H2,(H,20,22)(H,23,24). The fraction of sp³-hybridized carbons (Fsp3) is 0.389. The first-order valence-electron chi connectivity index (χ1n) is 8.23. The predicted molar refractivity (Wildman–Crippen MR) is 88.8 cm³/mol. The van der Waals surface area contributed by atoms with Gasteiger partial charge in [0.1, 0.15) is 6.04 Å². The summed E-state index contributed by atoms with van der Waals surface area (Å²) >= 11 is 0. The second-order valence-electron chi connectivity index (χ2n) is 6.27. The van der Waals surface area contributed by atoms with Gasteiger partial charge in [0.05, 0.1) is 11.9 Å². The lowest BCUT2D eigenvalue weighted by Crippen LogP contribution is -2.41. The first kappa shape index (κ1) is 16.2. The molecular formula is C18H21N3O3. The average molecular weight is 327 g/mol. The smallest absolute Gasteiger partial charge is 0.326 e. The van der Waals surface area contributed by atoms with E-state index in [0.29, 0.717) is 18.8 Å². The molecule has 1 heterocycles. The number of rotatable bonds is 8. The number of para-hydroxylation sites is 1. The lowest BCUT2D eigenvalue weighted by molar-refractivity contribution is -0.142. The summed E-state index contributed by atoms with van der Waals surface area (Å²) in [5, 5.41) is 16.1. The van der Waals surface area contributed by atoms with Gasteiger partial charge in [-0.15, -0.1) is 0 Å². The highest BCUT2D eigenvalue weighted by Gasteiger charge is 2.30. The molecule has 0 saturated heterocycles. The normalized spacial score (nSPS) is 15.0. The number of carbonyl (C=O) groups excluding carboxylic acids is 1. The summed E-state index contributed by atoms with van der Waals surface area (Å²) in [5.41, 5.74) is 1.91. The molecule has 1 unspecified atom stereocenters. The molecule has 1 aliphatic rings. The van der Waals surface area contributed by atoms with Gasteiger partial charge in [0.25, 0.3) is 0 Å². The zero-order chi connectivity index (χ0) is 16.9. The van der Waals surface area contributed by atoms with Crippen LogP contribution < -0.4 is 5.32 Å². The van der Waals surface area contributed by atoms with Gasteiger partial charge in [-0.1, -0.05) is 31.0 Å². The number of amides is 1. The highest BCUT2D eigenvalue weighted by molar-refractivity contribution is 5.83. The van der Waals surface area contributed by atoms with E-state index in [2.05, 4.69) is 10.4 Å². The molecule has 6 heteroatoms. The van der Waals surface area contributed by atoms with Crippen LogP contribution in [0.3, 0.4) is 0 Å². The van der Waals surface area contributed by atoms with E-state index in [-0.39, 0.29) is 12.3 Å². The molecule has 1 aromatic carbocycles. The molecule has 24 heavy (non-hydrogen) atoms. The summed E-state index contributed by atoms with van der Waals surface area (Å²) < 4.78 is 1.76. The zero-order valence-corrected chi connectivity index (χ0v) is 13.4. The molecule has 6 nitrogen and oxygen atoms in total. The maximum atomic E-state index is 12.0. The summed E-state index contributed by atoms with van der Waals surface area (Å²) in [6.45, 7) is 0. The molecule has 0 radical (unpaired) electrons. The first-order valence-corrected chi connectivity index (χ1v) is 8.23. The van der Waals surface area contributed by atoms with E-state index in [1.807, 2.05) is 36.5 Å². The molecule has 2 N–H and O–H groups in total. The average Bonchev–Trinajstić information content (AvgIpc) is 3.27. The molecule has 0 bridgehead atoms. The summed E-state index contributed by atoms with van der Waals surface area (Å²) in [5.74, 6) is -0.724. The van der Waals surface area contributed by atoms with Crippen molar-refractivity contribution in [2.24, 2.45) is 5.92 Å². The monoisotopic (exact) mass is 327 g/mol. The number of nitrogens with zero attached hydrogens (tertiary/aromatic N) is 2. The largest absolute Gasteiger partial charge is 0.480 e. The first-order chi connectivity index (χ1) is 11.6. The van der Waals surface area contributed by atoms with Gasteiger partial charge in [-0.2, -0.15) is 5.10 Å². The molecule has 1 saturated carbocycles. The van der Waals surface area contributed by atoms with Crippen molar-refractivity contribution in [3.8, 4) is 5.69 Å². The van der Waals surface area contributed by atoms with E-state index >= 15 is 0 Å². The number of carboxylic acids is 1. The van der Waals surface area contributed by atoms with E-state index in [1.54, 1.807) is 10.9 Å². The minimum absolute atomic E-state index is 0.226. The zero-order valence-electron chi connectivity index (χ0n) is 13.4. The Hall–Kier alpha value is -2.63. The molecule has 0 aliphatic heterocycles. The van der Waals surface area contributed by atoms with Gasteiger partial charge < -0.3 is 10.4 Å². The van der Waals surface area contributed by atoms with Crippen LogP contribution in [0.5, 0.6) is 0 Å². The van der Waals surface area contributed by atoms with E-state index in [9.17, 15) is 14.7 Å². The molecule has 1 aliphatic carbocycles. The third kappa shape index (κ3) is 4.44. The van der Waals surface area contributed by atoms with Crippen LogP contribution in [-0.2, 0) is 16.0 Å². The molecule has 0 spiro atoms. The van der Waals surface area contributed by atoms with Crippen LogP contribution in [0.1, 0.15) is 31.2 Å². The molecule has 1 fully saturated rings. The van der Waals surface area contributed by atoms with Gasteiger partial charge in [0, 0.05) is 12.6 Å². The Morgan fingerprint density at radius 3 is 2.71 bits per heavy atom. The Morgan fingerprint density at radius 1 is 1.29 bits per heavy atom. The highest BCUT2D eigenvalue weighted by Crippen LogP contribution is 2.33. The second kappa shape index (κ2) is 7.29. The Morgan fingerprint density at radius 2 is 2.04 bits per heavy atom. The maximum absolute atomic E-state index is 12.0. The Balaban J connectivity index is 1.50. The molecule has 2 aromatic rings. The van der Waals surface area contributed by atoms with Gasteiger partial charge in [-0.3, -0.25) is 4.79 Å². The van der Waals surface area contributed by atoms with E-state index in [4.69, 9.17) is 0 Å². The van der Waals surface area contributed by atoms with Gasteiger partial charge in [0.2, 0.25) is 5.91 Å². The molecule has 1 amide bonds. The number of aryl methyl sites for hydroxylation is 1. The van der Waals surface area contributed by atoms with Crippen molar-refractivity contribution in [3.63, 3.8) is 0 Å². The number of hydrogen-bond donors (Lipinski definition) is 2. The SMILES string of the molecule is O=C(CCc1cnn(-c2ccccc2)c1)NC(CC1CC1)C(=O)O. The third-order valence-electron chi connectivity index (χ3n) is 4.20. The predicted octanol–water partition coefficient (Wildman–Crippen LogP) is 2.17. The summed E-state index contributed by atoms with van der Waals surface area (Å²) in [6.07, 6.45) is 7.09. The summed E-state index contributed by atoms with van der Waals surface area (Å²) in [6, 6.07) is 8.97. The fourth-order valence-electron chi connectivity index (χ4n) is 2.64. The highest BCUT2D eigenvalue weighted by atomic mass is 16.4. The molecular weight excluding hydrogens is 306 g/mol. The van der Waals surface area contributed by atoms with Crippen molar-refractivity contribution in [1.82, 2.24) is 15.1 Å². The number of hydrogen-bond acceptors (Lipinski definition) is 3. The quantitative estimate of drug-likeness (QED) is 0.778. The molecule has 1 aromatic heterocycles. The van der Waals surface area contributed by atoms with Crippen molar-refractivity contribution >= 4 is 11.9 Å². The number of benzene rings is 1. The molecule has 126 valence electrons. The molecule has 3 rings (SSSR count). The Kier molecular flexibility index (Phi) is 4.93. The van der Waals surface area contributed by atoms with Crippen LogP contribution in [0.15, 0.2) is 42.7 Å². The van der Waals surface area contributed by atoms with Crippen LogP contribution >= 0.6 is 0 Å². The minimum Gasteiger partial charge on any atom is -0.480 e. The molecule has 1 atom stereocenters. The summed E-state index contributed by atoms with van der Waals surface area (Å²) in [7, 11) is 0. The number of aliphatic carboxylic acids is 1. The van der Waals surface area contributed by atoms with Crippen molar-refractivity contribution in [2.75, 3.05) is 0 Å². The van der Waals surface area contributed by atoms with Crippen LogP contribution in [0.4, 0.5) is 0 Å². The Bertz CT molecular complexity index is 707. The van der Waals surface area contributed by atoms with Gasteiger partial charge >= 0.3 is 5.97 Å².